The number of terminal acetylenes is 1. The third kappa shape index (κ3) is 2.55. The fourth-order valence-corrected chi connectivity index (χ4v) is 1.46. The zero-order valence-corrected chi connectivity index (χ0v) is 7.32. The Morgan fingerprint density at radius 3 is 2.73 bits per heavy atom. The molecule has 1 N–H and O–H groups in total. The Bertz CT molecular complexity index is 151. The predicted molar refractivity (Wildman–Crippen MR) is 48.3 cm³/mol. The molecule has 0 amide bonds. The third-order valence-electron chi connectivity index (χ3n) is 2.51. The summed E-state index contributed by atoms with van der Waals surface area (Å²) in [5.41, 5.74) is 0.453. The maximum absolute atomic E-state index is 5.15. The molecule has 0 spiro atoms. The quantitative estimate of drug-likeness (QED) is 0.478. The van der Waals surface area contributed by atoms with Crippen LogP contribution in [-0.2, 0) is 0 Å². The average molecular weight is 151 g/mol. The molecular formula is C10H17N. The topological polar surface area (TPSA) is 12.0 Å². The highest BCUT2D eigenvalue weighted by molar-refractivity contribution is 4.91. The van der Waals surface area contributed by atoms with Gasteiger partial charge in [0.1, 0.15) is 0 Å². The molecule has 0 atom stereocenters. The molecule has 0 saturated heterocycles. The van der Waals surface area contributed by atoms with Crippen LogP contribution in [0.4, 0.5) is 0 Å². The summed E-state index contributed by atoms with van der Waals surface area (Å²) in [5, 5.41) is 3.53. The number of rotatable bonds is 4. The van der Waals surface area contributed by atoms with Gasteiger partial charge in [0.2, 0.25) is 0 Å². The standard InChI is InChI=1S/C10H17N/c1-3-4-5-9-11-10(2)7-6-8-10/h1,11H,4-9H2,2H3. The Morgan fingerprint density at radius 2 is 2.27 bits per heavy atom. The van der Waals surface area contributed by atoms with Crippen LogP contribution < -0.4 is 5.32 Å². The van der Waals surface area contributed by atoms with Crippen molar-refractivity contribution >= 4 is 0 Å². The first-order valence-corrected chi connectivity index (χ1v) is 4.45. The summed E-state index contributed by atoms with van der Waals surface area (Å²) in [6.07, 6.45) is 11.2. The van der Waals surface area contributed by atoms with Gasteiger partial charge in [-0.2, -0.15) is 0 Å². The Morgan fingerprint density at radius 1 is 1.55 bits per heavy atom. The molecule has 0 aromatic carbocycles. The zero-order chi connectivity index (χ0) is 8.16. The van der Waals surface area contributed by atoms with E-state index in [4.69, 9.17) is 6.42 Å². The van der Waals surface area contributed by atoms with Crippen molar-refractivity contribution in [3.63, 3.8) is 0 Å². The minimum Gasteiger partial charge on any atom is -0.311 e. The molecule has 0 aliphatic heterocycles. The lowest BCUT2D eigenvalue weighted by Crippen LogP contribution is -2.48. The first kappa shape index (κ1) is 8.62. The van der Waals surface area contributed by atoms with Gasteiger partial charge in [-0.15, -0.1) is 12.3 Å². The Balaban J connectivity index is 1.99. The molecular weight excluding hydrogens is 134 g/mol. The Labute approximate surface area is 69.6 Å². The van der Waals surface area contributed by atoms with Gasteiger partial charge in [-0.05, 0) is 39.2 Å². The van der Waals surface area contributed by atoms with Crippen molar-refractivity contribution in [2.24, 2.45) is 0 Å². The smallest absolute Gasteiger partial charge is 0.0153 e. The van der Waals surface area contributed by atoms with Crippen LogP contribution in [-0.4, -0.2) is 12.1 Å². The van der Waals surface area contributed by atoms with E-state index in [1.54, 1.807) is 0 Å². The summed E-state index contributed by atoms with van der Waals surface area (Å²) in [5.74, 6) is 2.65. The minimum absolute atomic E-state index is 0.453. The van der Waals surface area contributed by atoms with Gasteiger partial charge in [0.05, 0.1) is 0 Å². The zero-order valence-electron chi connectivity index (χ0n) is 7.32. The fourth-order valence-electron chi connectivity index (χ4n) is 1.46. The summed E-state index contributed by atoms with van der Waals surface area (Å²) >= 11 is 0. The summed E-state index contributed by atoms with van der Waals surface area (Å²) in [7, 11) is 0. The molecule has 1 rings (SSSR count). The average Bonchev–Trinajstić information content (AvgIpc) is 1.95. The van der Waals surface area contributed by atoms with Gasteiger partial charge in [-0.1, -0.05) is 0 Å². The molecule has 11 heavy (non-hydrogen) atoms. The predicted octanol–water partition coefficient (Wildman–Crippen LogP) is 1.93. The molecule has 1 aliphatic rings. The van der Waals surface area contributed by atoms with E-state index in [0.29, 0.717) is 5.54 Å². The summed E-state index contributed by atoms with van der Waals surface area (Å²) in [6.45, 7) is 3.38. The van der Waals surface area contributed by atoms with E-state index >= 15 is 0 Å². The van der Waals surface area contributed by atoms with Gasteiger partial charge >= 0.3 is 0 Å². The monoisotopic (exact) mass is 151 g/mol. The van der Waals surface area contributed by atoms with Gasteiger partial charge in [-0.25, -0.2) is 0 Å². The third-order valence-corrected chi connectivity index (χ3v) is 2.51. The minimum atomic E-state index is 0.453. The molecule has 1 aliphatic carbocycles. The van der Waals surface area contributed by atoms with Gasteiger partial charge in [0.15, 0.2) is 0 Å². The lowest BCUT2D eigenvalue weighted by atomic mass is 9.78. The van der Waals surface area contributed by atoms with Crippen LogP contribution in [0, 0.1) is 12.3 Å². The van der Waals surface area contributed by atoms with Gasteiger partial charge in [0, 0.05) is 12.0 Å². The lowest BCUT2D eigenvalue weighted by Gasteiger charge is -2.39. The van der Waals surface area contributed by atoms with Crippen LogP contribution in [0.25, 0.3) is 0 Å². The maximum Gasteiger partial charge on any atom is 0.0153 e. The molecule has 0 radical (unpaired) electrons. The first-order valence-electron chi connectivity index (χ1n) is 4.45. The number of nitrogens with one attached hydrogen (secondary N) is 1. The summed E-state index contributed by atoms with van der Waals surface area (Å²) < 4.78 is 0. The van der Waals surface area contributed by atoms with Gasteiger partial charge in [0.25, 0.3) is 0 Å². The SMILES string of the molecule is C#CCCCNC1(C)CCC1. The van der Waals surface area contributed by atoms with Crippen molar-refractivity contribution in [1.29, 1.82) is 0 Å². The van der Waals surface area contributed by atoms with Crippen LogP contribution in [0.3, 0.4) is 0 Å². The van der Waals surface area contributed by atoms with Crippen LogP contribution >= 0.6 is 0 Å². The van der Waals surface area contributed by atoms with Gasteiger partial charge < -0.3 is 5.32 Å². The molecule has 62 valence electrons. The summed E-state index contributed by atoms with van der Waals surface area (Å²) in [4.78, 5) is 0. The number of hydrogen-bond donors (Lipinski definition) is 1. The largest absolute Gasteiger partial charge is 0.311 e. The second-order valence-electron chi connectivity index (χ2n) is 3.65. The molecule has 1 heteroatoms. The maximum atomic E-state index is 5.15. The highest BCUT2D eigenvalue weighted by atomic mass is 15.0. The molecule has 1 fully saturated rings. The van der Waals surface area contributed by atoms with E-state index in [-0.39, 0.29) is 0 Å². The van der Waals surface area contributed by atoms with Crippen LogP contribution in [0.5, 0.6) is 0 Å². The molecule has 1 saturated carbocycles. The highest BCUT2D eigenvalue weighted by Gasteiger charge is 2.30. The van der Waals surface area contributed by atoms with E-state index in [2.05, 4.69) is 18.2 Å². The van der Waals surface area contributed by atoms with Crippen LogP contribution in [0.15, 0.2) is 0 Å². The van der Waals surface area contributed by atoms with Crippen LogP contribution in [0.2, 0.25) is 0 Å². The fraction of sp³-hybridized carbons (Fsp3) is 0.800. The van der Waals surface area contributed by atoms with E-state index in [1.165, 1.54) is 19.3 Å². The van der Waals surface area contributed by atoms with Crippen LogP contribution in [0.1, 0.15) is 39.0 Å². The highest BCUT2D eigenvalue weighted by Crippen LogP contribution is 2.30. The lowest BCUT2D eigenvalue weighted by molar-refractivity contribution is 0.209. The molecule has 0 aromatic heterocycles. The van der Waals surface area contributed by atoms with Crippen molar-refractivity contribution in [1.82, 2.24) is 5.32 Å². The van der Waals surface area contributed by atoms with E-state index in [0.717, 1.165) is 19.4 Å². The van der Waals surface area contributed by atoms with Gasteiger partial charge in [-0.3, -0.25) is 0 Å². The molecule has 0 unspecified atom stereocenters. The van der Waals surface area contributed by atoms with Crippen molar-refractivity contribution < 1.29 is 0 Å². The summed E-state index contributed by atoms with van der Waals surface area (Å²) in [6, 6.07) is 0. The van der Waals surface area contributed by atoms with Crippen molar-refractivity contribution in [3.05, 3.63) is 0 Å². The molecule has 0 bridgehead atoms. The molecule has 0 heterocycles. The molecule has 1 nitrogen and oxygen atoms in total. The van der Waals surface area contributed by atoms with Crippen molar-refractivity contribution in [2.75, 3.05) is 6.54 Å². The van der Waals surface area contributed by atoms with Crippen molar-refractivity contribution in [2.45, 2.75) is 44.6 Å². The van der Waals surface area contributed by atoms with E-state index in [9.17, 15) is 0 Å². The second-order valence-corrected chi connectivity index (χ2v) is 3.65. The van der Waals surface area contributed by atoms with E-state index in [1.807, 2.05) is 0 Å². The molecule has 0 aromatic rings. The second kappa shape index (κ2) is 3.78. The number of unbranched alkanes of at least 4 members (excludes halogenated alkanes) is 1. The Kier molecular flexibility index (Phi) is 2.96. The first-order chi connectivity index (χ1) is 5.27. The number of hydrogen-bond acceptors (Lipinski definition) is 1. The van der Waals surface area contributed by atoms with Crippen molar-refractivity contribution in [3.8, 4) is 12.3 Å². The Hall–Kier alpha value is -0.480. The van der Waals surface area contributed by atoms with E-state index < -0.39 is 0 Å². The normalized spacial score (nSPS) is 20.4.